The van der Waals surface area contributed by atoms with Crippen molar-refractivity contribution in [3.8, 4) is 6.01 Å². The zero-order valence-electron chi connectivity index (χ0n) is 12.6. The van der Waals surface area contributed by atoms with Crippen LogP contribution in [0.25, 0.3) is 0 Å². The van der Waals surface area contributed by atoms with Crippen molar-refractivity contribution >= 4 is 11.9 Å². The van der Waals surface area contributed by atoms with E-state index >= 15 is 0 Å². The van der Waals surface area contributed by atoms with Gasteiger partial charge in [-0.1, -0.05) is 6.92 Å². The van der Waals surface area contributed by atoms with Gasteiger partial charge in [0.2, 0.25) is 11.9 Å². The second kappa shape index (κ2) is 7.47. The van der Waals surface area contributed by atoms with Gasteiger partial charge in [-0.25, -0.2) is 0 Å². The van der Waals surface area contributed by atoms with Gasteiger partial charge in [0.25, 0.3) is 0 Å². The lowest BCUT2D eigenvalue weighted by atomic mass is 10.4. The molecule has 2 heterocycles. The van der Waals surface area contributed by atoms with Crippen LogP contribution in [0.1, 0.15) is 31.8 Å². The largest absolute Gasteiger partial charge is 0.465 e. The second-order valence-corrected chi connectivity index (χ2v) is 4.51. The summed E-state index contributed by atoms with van der Waals surface area (Å²) in [5, 5.41) is 6.18. The lowest BCUT2D eigenvalue weighted by Gasteiger charge is -2.09. The summed E-state index contributed by atoms with van der Waals surface area (Å²) < 4.78 is 11.0. The van der Waals surface area contributed by atoms with Gasteiger partial charge < -0.3 is 19.8 Å². The van der Waals surface area contributed by atoms with Gasteiger partial charge in [0, 0.05) is 6.54 Å². The molecule has 2 aromatic rings. The zero-order valence-corrected chi connectivity index (χ0v) is 12.6. The maximum atomic E-state index is 5.50. The molecule has 0 bridgehead atoms. The quantitative estimate of drug-likeness (QED) is 0.773. The van der Waals surface area contributed by atoms with Crippen LogP contribution in [0.5, 0.6) is 6.01 Å². The standard InChI is InChI=1S/C14H21N5O2/c1-4-8-20-14-18-12(15-5-2)17-13(19-14)16-9-11-7-6-10(3)21-11/h6-7H,4-5,8-9H2,1-3H3,(H2,15,16,17,18,19). The topological polar surface area (TPSA) is 85.1 Å². The van der Waals surface area contributed by atoms with Gasteiger partial charge in [0.05, 0.1) is 13.2 Å². The first-order chi connectivity index (χ1) is 10.2. The van der Waals surface area contributed by atoms with Crippen LogP contribution in [0.3, 0.4) is 0 Å². The minimum atomic E-state index is 0.320. The normalized spacial score (nSPS) is 10.4. The van der Waals surface area contributed by atoms with E-state index in [-0.39, 0.29) is 0 Å². The average molecular weight is 291 g/mol. The van der Waals surface area contributed by atoms with Gasteiger partial charge in [-0.15, -0.1) is 0 Å². The summed E-state index contributed by atoms with van der Waals surface area (Å²) in [6, 6.07) is 4.16. The molecule has 0 aliphatic rings. The summed E-state index contributed by atoms with van der Waals surface area (Å²) in [6.07, 6.45) is 0.899. The van der Waals surface area contributed by atoms with Crippen LogP contribution in [-0.4, -0.2) is 28.1 Å². The molecule has 0 saturated carbocycles. The molecule has 2 rings (SSSR count). The molecule has 2 N–H and O–H groups in total. The SMILES string of the molecule is CCCOc1nc(NCC)nc(NCc2ccc(C)o2)n1. The van der Waals surface area contributed by atoms with Gasteiger partial charge in [0.1, 0.15) is 11.5 Å². The summed E-state index contributed by atoms with van der Waals surface area (Å²) >= 11 is 0. The lowest BCUT2D eigenvalue weighted by Crippen LogP contribution is -2.11. The second-order valence-electron chi connectivity index (χ2n) is 4.51. The number of nitrogens with zero attached hydrogens (tertiary/aromatic N) is 3. The van der Waals surface area contributed by atoms with E-state index in [2.05, 4.69) is 25.6 Å². The number of furan rings is 1. The van der Waals surface area contributed by atoms with E-state index in [1.165, 1.54) is 0 Å². The Morgan fingerprint density at radius 3 is 2.48 bits per heavy atom. The monoisotopic (exact) mass is 291 g/mol. The van der Waals surface area contributed by atoms with Gasteiger partial charge in [-0.3, -0.25) is 0 Å². The molecule has 0 aromatic carbocycles. The first kappa shape index (κ1) is 15.1. The fourth-order valence-corrected chi connectivity index (χ4v) is 1.68. The Morgan fingerprint density at radius 2 is 1.86 bits per heavy atom. The molecule has 7 nitrogen and oxygen atoms in total. The van der Waals surface area contributed by atoms with E-state index in [1.807, 2.05) is 32.9 Å². The van der Waals surface area contributed by atoms with Crippen LogP contribution in [0.2, 0.25) is 0 Å². The number of aryl methyl sites for hydroxylation is 1. The predicted molar refractivity (Wildman–Crippen MR) is 80.5 cm³/mol. The fourth-order valence-electron chi connectivity index (χ4n) is 1.68. The highest BCUT2D eigenvalue weighted by molar-refractivity contribution is 5.36. The molecule has 2 aromatic heterocycles. The third-order valence-electron chi connectivity index (χ3n) is 2.60. The van der Waals surface area contributed by atoms with E-state index in [0.717, 1.165) is 24.5 Å². The number of rotatable bonds is 8. The van der Waals surface area contributed by atoms with Crippen molar-refractivity contribution in [3.05, 3.63) is 23.7 Å². The molecular formula is C14H21N5O2. The summed E-state index contributed by atoms with van der Waals surface area (Å²) in [5.41, 5.74) is 0. The number of ether oxygens (including phenoxy) is 1. The van der Waals surface area contributed by atoms with E-state index in [0.29, 0.717) is 31.1 Å². The van der Waals surface area contributed by atoms with Crippen molar-refractivity contribution in [2.45, 2.75) is 33.7 Å². The molecule has 0 amide bonds. The Kier molecular flexibility index (Phi) is 5.36. The maximum Gasteiger partial charge on any atom is 0.323 e. The molecular weight excluding hydrogens is 270 g/mol. The Hall–Kier alpha value is -2.31. The number of anilines is 2. The van der Waals surface area contributed by atoms with Gasteiger partial charge in [-0.2, -0.15) is 15.0 Å². The van der Waals surface area contributed by atoms with Crippen LogP contribution in [-0.2, 0) is 6.54 Å². The van der Waals surface area contributed by atoms with E-state index in [4.69, 9.17) is 9.15 Å². The van der Waals surface area contributed by atoms with Crippen LogP contribution in [0, 0.1) is 6.92 Å². The fraction of sp³-hybridized carbons (Fsp3) is 0.500. The molecule has 0 saturated heterocycles. The molecule has 0 atom stereocenters. The Morgan fingerprint density at radius 1 is 1.10 bits per heavy atom. The summed E-state index contributed by atoms with van der Waals surface area (Å²) in [4.78, 5) is 12.7. The minimum Gasteiger partial charge on any atom is -0.465 e. The highest BCUT2D eigenvalue weighted by atomic mass is 16.5. The molecule has 0 aliphatic heterocycles. The average Bonchev–Trinajstić information content (AvgIpc) is 2.89. The predicted octanol–water partition coefficient (Wildman–Crippen LogP) is 2.61. The van der Waals surface area contributed by atoms with E-state index in [1.54, 1.807) is 0 Å². The molecule has 0 aliphatic carbocycles. The third-order valence-corrected chi connectivity index (χ3v) is 2.60. The van der Waals surface area contributed by atoms with Crippen molar-refractivity contribution in [3.63, 3.8) is 0 Å². The summed E-state index contributed by atoms with van der Waals surface area (Å²) in [5.74, 6) is 2.66. The smallest absolute Gasteiger partial charge is 0.323 e. The lowest BCUT2D eigenvalue weighted by molar-refractivity contribution is 0.292. The first-order valence-corrected chi connectivity index (χ1v) is 7.13. The third kappa shape index (κ3) is 4.62. The van der Waals surface area contributed by atoms with Crippen molar-refractivity contribution in [1.29, 1.82) is 0 Å². The molecule has 0 radical (unpaired) electrons. The molecule has 0 fully saturated rings. The Balaban J connectivity index is 2.07. The number of hydrogen-bond donors (Lipinski definition) is 2. The highest BCUT2D eigenvalue weighted by Crippen LogP contribution is 2.13. The van der Waals surface area contributed by atoms with Crippen LogP contribution < -0.4 is 15.4 Å². The molecule has 21 heavy (non-hydrogen) atoms. The molecule has 7 heteroatoms. The minimum absolute atomic E-state index is 0.320. The van der Waals surface area contributed by atoms with Gasteiger partial charge >= 0.3 is 6.01 Å². The van der Waals surface area contributed by atoms with Crippen molar-refractivity contribution in [2.24, 2.45) is 0 Å². The molecule has 114 valence electrons. The van der Waals surface area contributed by atoms with Gasteiger partial charge in [0.15, 0.2) is 0 Å². The number of aromatic nitrogens is 3. The Labute approximate surface area is 124 Å². The first-order valence-electron chi connectivity index (χ1n) is 7.13. The number of nitrogens with one attached hydrogen (secondary N) is 2. The summed E-state index contributed by atoms with van der Waals surface area (Å²) in [6.45, 7) is 7.74. The van der Waals surface area contributed by atoms with E-state index in [9.17, 15) is 0 Å². The molecule has 0 spiro atoms. The zero-order chi connectivity index (χ0) is 15.1. The van der Waals surface area contributed by atoms with Crippen LogP contribution in [0.15, 0.2) is 16.5 Å². The van der Waals surface area contributed by atoms with Crippen molar-refractivity contribution < 1.29 is 9.15 Å². The molecule has 0 unspecified atom stereocenters. The van der Waals surface area contributed by atoms with Crippen LogP contribution >= 0.6 is 0 Å². The summed E-state index contributed by atoms with van der Waals surface area (Å²) in [7, 11) is 0. The van der Waals surface area contributed by atoms with Gasteiger partial charge in [-0.05, 0) is 32.4 Å². The Bertz CT molecular complexity index is 570. The van der Waals surface area contributed by atoms with Crippen LogP contribution in [0.4, 0.5) is 11.9 Å². The maximum absolute atomic E-state index is 5.50. The van der Waals surface area contributed by atoms with E-state index < -0.39 is 0 Å². The highest BCUT2D eigenvalue weighted by Gasteiger charge is 2.07. The number of hydrogen-bond acceptors (Lipinski definition) is 7. The van der Waals surface area contributed by atoms with Crippen molar-refractivity contribution in [2.75, 3.05) is 23.8 Å². The van der Waals surface area contributed by atoms with Crippen molar-refractivity contribution in [1.82, 2.24) is 15.0 Å².